The molecule has 1 aromatic heterocycles. The second-order valence-corrected chi connectivity index (χ2v) is 2.82. The highest BCUT2D eigenvalue weighted by molar-refractivity contribution is 9.10. The van der Waals surface area contributed by atoms with Crippen LogP contribution in [0.4, 0.5) is 0 Å². The first-order valence-corrected chi connectivity index (χ1v) is 3.75. The summed E-state index contributed by atoms with van der Waals surface area (Å²) in [5.41, 5.74) is 1.16. The molecule has 1 heterocycles. The molecular weight excluding hydrogens is 204 g/mol. The van der Waals surface area contributed by atoms with Crippen LogP contribution in [0, 0.1) is 11.3 Å². The van der Waals surface area contributed by atoms with Crippen molar-refractivity contribution in [3.8, 4) is 6.07 Å². The van der Waals surface area contributed by atoms with E-state index in [1.54, 1.807) is 18.3 Å². The van der Waals surface area contributed by atoms with Crippen LogP contribution in [0.1, 0.15) is 11.3 Å². The van der Waals surface area contributed by atoms with E-state index >= 15 is 0 Å². The largest absolute Gasteiger partial charge is 0.254 e. The molecule has 54 valence electrons. The van der Waals surface area contributed by atoms with E-state index in [0.717, 1.165) is 4.47 Å². The SMILES string of the molecule is C=Cc1ncc(Br)cc1C#N. The van der Waals surface area contributed by atoms with Crippen molar-refractivity contribution in [3.05, 3.63) is 34.6 Å². The standard InChI is InChI=1S/C8H5BrN2/c1-2-8-6(4-10)3-7(9)5-11-8/h2-3,5H,1H2. The molecule has 0 saturated carbocycles. The summed E-state index contributed by atoms with van der Waals surface area (Å²) < 4.78 is 0.805. The second kappa shape index (κ2) is 3.31. The maximum Gasteiger partial charge on any atom is 0.101 e. The van der Waals surface area contributed by atoms with E-state index in [1.165, 1.54) is 0 Å². The summed E-state index contributed by atoms with van der Waals surface area (Å²) in [5, 5.41) is 8.62. The summed E-state index contributed by atoms with van der Waals surface area (Å²) >= 11 is 3.22. The van der Waals surface area contributed by atoms with Gasteiger partial charge in [0.2, 0.25) is 0 Å². The zero-order chi connectivity index (χ0) is 8.27. The fourth-order valence-corrected chi connectivity index (χ4v) is 1.03. The Kier molecular flexibility index (Phi) is 2.40. The van der Waals surface area contributed by atoms with Gasteiger partial charge in [0.05, 0.1) is 11.3 Å². The highest BCUT2D eigenvalue weighted by Gasteiger charge is 1.98. The van der Waals surface area contributed by atoms with Crippen LogP contribution in [0.2, 0.25) is 0 Å². The number of hydrogen-bond donors (Lipinski definition) is 0. The second-order valence-electron chi connectivity index (χ2n) is 1.90. The molecule has 0 amide bonds. The van der Waals surface area contributed by atoms with Crippen LogP contribution in [-0.4, -0.2) is 4.98 Å². The minimum absolute atomic E-state index is 0.536. The Hall–Kier alpha value is -1.14. The van der Waals surface area contributed by atoms with Gasteiger partial charge in [-0.15, -0.1) is 0 Å². The molecule has 0 N–H and O–H groups in total. The molecule has 0 spiro atoms. The van der Waals surface area contributed by atoms with Crippen molar-refractivity contribution in [2.75, 3.05) is 0 Å². The number of aromatic nitrogens is 1. The van der Waals surface area contributed by atoms with Crippen molar-refractivity contribution >= 4 is 22.0 Å². The fraction of sp³-hybridized carbons (Fsp3) is 0. The molecule has 0 saturated heterocycles. The van der Waals surface area contributed by atoms with E-state index in [0.29, 0.717) is 11.3 Å². The van der Waals surface area contributed by atoms with Crippen molar-refractivity contribution < 1.29 is 0 Å². The van der Waals surface area contributed by atoms with Gasteiger partial charge in [0.25, 0.3) is 0 Å². The normalized spacial score (nSPS) is 8.73. The monoisotopic (exact) mass is 208 g/mol. The smallest absolute Gasteiger partial charge is 0.101 e. The predicted octanol–water partition coefficient (Wildman–Crippen LogP) is 2.36. The topological polar surface area (TPSA) is 36.7 Å². The third-order valence-electron chi connectivity index (χ3n) is 1.20. The van der Waals surface area contributed by atoms with Crippen molar-refractivity contribution in [2.45, 2.75) is 0 Å². The molecule has 11 heavy (non-hydrogen) atoms. The first kappa shape index (κ1) is 7.96. The Labute approximate surface area is 73.3 Å². The maximum absolute atomic E-state index is 8.62. The van der Waals surface area contributed by atoms with Gasteiger partial charge in [-0.2, -0.15) is 5.26 Å². The number of hydrogen-bond acceptors (Lipinski definition) is 2. The van der Waals surface area contributed by atoms with E-state index in [2.05, 4.69) is 27.5 Å². The molecule has 0 unspecified atom stereocenters. The lowest BCUT2D eigenvalue weighted by Gasteiger charge is -1.95. The lowest BCUT2D eigenvalue weighted by molar-refractivity contribution is 1.25. The average molecular weight is 209 g/mol. The van der Waals surface area contributed by atoms with Crippen LogP contribution in [0.3, 0.4) is 0 Å². The maximum atomic E-state index is 8.62. The minimum Gasteiger partial charge on any atom is -0.254 e. The first-order valence-electron chi connectivity index (χ1n) is 2.96. The Balaban J connectivity index is 3.30. The molecule has 0 aliphatic carbocycles. The summed E-state index contributed by atoms with van der Waals surface area (Å²) in [5.74, 6) is 0. The van der Waals surface area contributed by atoms with Gasteiger partial charge in [-0.1, -0.05) is 6.58 Å². The summed E-state index contributed by atoms with van der Waals surface area (Å²) in [6.07, 6.45) is 3.20. The van der Waals surface area contributed by atoms with Gasteiger partial charge in [-0.05, 0) is 28.1 Å². The molecule has 0 fully saturated rings. The van der Waals surface area contributed by atoms with E-state index < -0.39 is 0 Å². The lowest BCUT2D eigenvalue weighted by atomic mass is 10.2. The van der Waals surface area contributed by atoms with Gasteiger partial charge in [0.1, 0.15) is 6.07 Å². The van der Waals surface area contributed by atoms with Crippen LogP contribution in [0.5, 0.6) is 0 Å². The van der Waals surface area contributed by atoms with Gasteiger partial charge in [-0.3, -0.25) is 4.98 Å². The Bertz CT molecular complexity index is 325. The Morgan fingerprint density at radius 2 is 2.45 bits per heavy atom. The third-order valence-corrected chi connectivity index (χ3v) is 1.63. The summed E-state index contributed by atoms with van der Waals surface area (Å²) in [7, 11) is 0. The number of halogens is 1. The number of nitriles is 1. The molecule has 0 aromatic carbocycles. The third kappa shape index (κ3) is 1.66. The fourth-order valence-electron chi connectivity index (χ4n) is 0.702. The first-order chi connectivity index (χ1) is 5.27. The molecular formula is C8H5BrN2. The van der Waals surface area contributed by atoms with Crippen LogP contribution in [-0.2, 0) is 0 Å². The predicted molar refractivity (Wildman–Crippen MR) is 46.7 cm³/mol. The molecule has 0 radical (unpaired) electrons. The zero-order valence-electron chi connectivity index (χ0n) is 5.71. The molecule has 0 aliphatic rings. The number of rotatable bonds is 1. The molecule has 1 rings (SSSR count). The van der Waals surface area contributed by atoms with Crippen LogP contribution in [0.25, 0.3) is 6.08 Å². The van der Waals surface area contributed by atoms with Gasteiger partial charge in [0, 0.05) is 10.7 Å². The van der Waals surface area contributed by atoms with Crippen LogP contribution < -0.4 is 0 Å². The van der Waals surface area contributed by atoms with Crippen molar-refractivity contribution in [1.82, 2.24) is 4.98 Å². The number of nitrogens with zero attached hydrogens (tertiary/aromatic N) is 2. The Morgan fingerprint density at radius 3 is 3.00 bits per heavy atom. The van der Waals surface area contributed by atoms with E-state index in [9.17, 15) is 0 Å². The highest BCUT2D eigenvalue weighted by Crippen LogP contribution is 2.13. The molecule has 3 heteroatoms. The Morgan fingerprint density at radius 1 is 1.73 bits per heavy atom. The van der Waals surface area contributed by atoms with Crippen LogP contribution >= 0.6 is 15.9 Å². The van der Waals surface area contributed by atoms with Crippen molar-refractivity contribution in [2.24, 2.45) is 0 Å². The van der Waals surface area contributed by atoms with Gasteiger partial charge in [0.15, 0.2) is 0 Å². The van der Waals surface area contributed by atoms with Crippen LogP contribution in [0.15, 0.2) is 23.3 Å². The van der Waals surface area contributed by atoms with Crippen molar-refractivity contribution in [3.63, 3.8) is 0 Å². The minimum atomic E-state index is 0.536. The van der Waals surface area contributed by atoms with E-state index in [4.69, 9.17) is 5.26 Å². The quantitative estimate of drug-likeness (QED) is 0.711. The lowest BCUT2D eigenvalue weighted by Crippen LogP contribution is -1.85. The van der Waals surface area contributed by atoms with Crippen molar-refractivity contribution in [1.29, 1.82) is 5.26 Å². The zero-order valence-corrected chi connectivity index (χ0v) is 7.30. The molecule has 0 bridgehead atoms. The van der Waals surface area contributed by atoms with E-state index in [1.807, 2.05) is 6.07 Å². The highest BCUT2D eigenvalue weighted by atomic mass is 79.9. The summed E-state index contributed by atoms with van der Waals surface area (Å²) in [6, 6.07) is 3.74. The molecule has 2 nitrogen and oxygen atoms in total. The molecule has 0 aliphatic heterocycles. The van der Waals surface area contributed by atoms with Gasteiger partial charge < -0.3 is 0 Å². The van der Waals surface area contributed by atoms with Gasteiger partial charge >= 0.3 is 0 Å². The molecule has 0 atom stereocenters. The average Bonchev–Trinajstić information content (AvgIpc) is 2.04. The summed E-state index contributed by atoms with van der Waals surface area (Å²) in [6.45, 7) is 3.54. The van der Waals surface area contributed by atoms with E-state index in [-0.39, 0.29) is 0 Å². The summed E-state index contributed by atoms with van der Waals surface area (Å²) in [4.78, 5) is 3.98. The number of pyridine rings is 1. The molecule has 1 aromatic rings. The van der Waals surface area contributed by atoms with Gasteiger partial charge in [-0.25, -0.2) is 0 Å².